The molecule has 0 rings (SSSR count). The molecule has 3 nitrogen and oxygen atoms in total. The Bertz CT molecular complexity index is 180. The lowest BCUT2D eigenvalue weighted by Crippen LogP contribution is -2.04. The van der Waals surface area contributed by atoms with Crippen LogP contribution in [0.4, 0.5) is 0 Å². The molecule has 0 saturated heterocycles. The Labute approximate surface area is 74.3 Å². The summed E-state index contributed by atoms with van der Waals surface area (Å²) < 4.78 is 0. The Morgan fingerprint density at radius 3 is 2.67 bits per heavy atom. The van der Waals surface area contributed by atoms with E-state index in [0.717, 1.165) is 5.70 Å². The third-order valence-electron chi connectivity index (χ3n) is 1.37. The lowest BCUT2D eigenvalue weighted by Gasteiger charge is -2.01. The fraction of sp³-hybridized carbons (Fsp3) is 0.556. The molecule has 0 radical (unpaired) electrons. The maximum absolute atomic E-state index is 4.06. The van der Waals surface area contributed by atoms with Crippen molar-refractivity contribution in [3.8, 4) is 0 Å². The van der Waals surface area contributed by atoms with Gasteiger partial charge in [0.05, 0.1) is 6.67 Å². The summed E-state index contributed by atoms with van der Waals surface area (Å²) in [6.07, 6.45) is 3.63. The molecule has 0 unspecified atom stereocenters. The molecule has 0 aliphatic carbocycles. The van der Waals surface area contributed by atoms with E-state index in [1.807, 2.05) is 13.1 Å². The fourth-order valence-electron chi connectivity index (χ4n) is 0.701. The molecular formula is C9H17N3. The van der Waals surface area contributed by atoms with Crippen LogP contribution in [-0.2, 0) is 0 Å². The number of allylic oxidation sites excluding steroid dienone is 2. The van der Waals surface area contributed by atoms with Gasteiger partial charge in [-0.15, -0.1) is 0 Å². The van der Waals surface area contributed by atoms with E-state index in [1.54, 1.807) is 6.21 Å². The van der Waals surface area contributed by atoms with Gasteiger partial charge in [-0.2, -0.15) is 0 Å². The lowest BCUT2D eigenvalue weighted by atomic mass is 10.1. The van der Waals surface area contributed by atoms with Gasteiger partial charge in [0.25, 0.3) is 0 Å². The van der Waals surface area contributed by atoms with Crippen molar-refractivity contribution < 1.29 is 0 Å². The zero-order valence-electron chi connectivity index (χ0n) is 8.04. The van der Waals surface area contributed by atoms with Crippen LogP contribution < -0.4 is 5.32 Å². The van der Waals surface area contributed by atoms with E-state index >= 15 is 0 Å². The van der Waals surface area contributed by atoms with Gasteiger partial charge in [0, 0.05) is 11.9 Å². The number of hydrogen-bond donors (Lipinski definition) is 1. The first-order chi connectivity index (χ1) is 5.72. The summed E-state index contributed by atoms with van der Waals surface area (Å²) in [5.74, 6) is 0.406. The van der Waals surface area contributed by atoms with E-state index in [-0.39, 0.29) is 0 Å². The predicted molar refractivity (Wildman–Crippen MR) is 54.9 cm³/mol. The average molecular weight is 167 g/mol. The van der Waals surface area contributed by atoms with Crippen LogP contribution >= 0.6 is 0 Å². The van der Waals surface area contributed by atoms with Gasteiger partial charge >= 0.3 is 0 Å². The van der Waals surface area contributed by atoms with Crippen LogP contribution in [-0.4, -0.2) is 26.6 Å². The Kier molecular flexibility index (Phi) is 6.19. The zero-order chi connectivity index (χ0) is 9.40. The molecule has 0 aromatic heterocycles. The van der Waals surface area contributed by atoms with Crippen LogP contribution in [0.5, 0.6) is 0 Å². The second-order valence-corrected chi connectivity index (χ2v) is 2.75. The van der Waals surface area contributed by atoms with Gasteiger partial charge in [0.1, 0.15) is 0 Å². The van der Waals surface area contributed by atoms with Gasteiger partial charge < -0.3 is 5.32 Å². The normalized spacial score (nSPS) is 12.8. The van der Waals surface area contributed by atoms with Crippen molar-refractivity contribution in [2.45, 2.75) is 13.8 Å². The van der Waals surface area contributed by atoms with E-state index in [9.17, 15) is 0 Å². The standard InChI is InChI=1S/C9H17N3/c1-8(2)9(11-4)5-6-12-7-10-3/h5-6,8,10H,4,7H2,1-3H3/b9-5-,12-6?. The minimum Gasteiger partial charge on any atom is -0.301 e. The van der Waals surface area contributed by atoms with Gasteiger partial charge in [-0.1, -0.05) is 13.8 Å². The molecular weight excluding hydrogens is 150 g/mol. The molecule has 0 amide bonds. The summed E-state index contributed by atoms with van der Waals surface area (Å²) in [7, 11) is 1.86. The van der Waals surface area contributed by atoms with Crippen LogP contribution in [0.15, 0.2) is 21.8 Å². The molecule has 0 aliphatic heterocycles. The molecule has 1 N–H and O–H groups in total. The van der Waals surface area contributed by atoms with Crippen molar-refractivity contribution in [2.75, 3.05) is 13.7 Å². The second kappa shape index (κ2) is 6.73. The van der Waals surface area contributed by atoms with Gasteiger partial charge in [-0.3, -0.25) is 9.98 Å². The van der Waals surface area contributed by atoms with Crippen molar-refractivity contribution >= 4 is 12.9 Å². The van der Waals surface area contributed by atoms with E-state index < -0.39 is 0 Å². The van der Waals surface area contributed by atoms with E-state index in [2.05, 4.69) is 35.9 Å². The molecule has 0 aliphatic rings. The number of aliphatic imine (C=N–C) groups is 2. The summed E-state index contributed by atoms with van der Waals surface area (Å²) in [5.41, 5.74) is 0.967. The quantitative estimate of drug-likeness (QED) is 0.618. The first kappa shape index (κ1) is 11.0. The monoisotopic (exact) mass is 167 g/mol. The summed E-state index contributed by atoms with van der Waals surface area (Å²) in [6.45, 7) is 8.28. The average Bonchev–Trinajstić information content (AvgIpc) is 2.04. The lowest BCUT2D eigenvalue weighted by molar-refractivity contribution is 0.761. The Morgan fingerprint density at radius 2 is 2.25 bits per heavy atom. The molecule has 68 valence electrons. The van der Waals surface area contributed by atoms with Crippen molar-refractivity contribution in [1.82, 2.24) is 5.32 Å². The zero-order valence-corrected chi connectivity index (χ0v) is 8.04. The number of rotatable bonds is 5. The van der Waals surface area contributed by atoms with Crippen LogP contribution in [0.25, 0.3) is 0 Å². The fourth-order valence-corrected chi connectivity index (χ4v) is 0.701. The number of nitrogens with one attached hydrogen (secondary N) is 1. The molecule has 0 aromatic carbocycles. The largest absolute Gasteiger partial charge is 0.301 e. The molecule has 12 heavy (non-hydrogen) atoms. The highest BCUT2D eigenvalue weighted by Gasteiger charge is 1.96. The van der Waals surface area contributed by atoms with Crippen molar-refractivity contribution in [3.63, 3.8) is 0 Å². The van der Waals surface area contributed by atoms with Crippen LogP contribution in [0.1, 0.15) is 13.8 Å². The third kappa shape index (κ3) is 4.79. The number of nitrogens with zero attached hydrogens (tertiary/aromatic N) is 2. The van der Waals surface area contributed by atoms with Gasteiger partial charge in [-0.05, 0) is 25.8 Å². The molecule has 0 atom stereocenters. The van der Waals surface area contributed by atoms with E-state index in [1.165, 1.54) is 0 Å². The first-order valence-electron chi connectivity index (χ1n) is 4.03. The van der Waals surface area contributed by atoms with Gasteiger partial charge in [-0.25, -0.2) is 0 Å². The first-order valence-corrected chi connectivity index (χ1v) is 4.03. The topological polar surface area (TPSA) is 36.8 Å². The number of hydrogen-bond acceptors (Lipinski definition) is 3. The maximum atomic E-state index is 4.06. The Hall–Kier alpha value is -0.960. The highest BCUT2D eigenvalue weighted by Crippen LogP contribution is 2.08. The third-order valence-corrected chi connectivity index (χ3v) is 1.37. The minimum atomic E-state index is 0.406. The summed E-state index contributed by atoms with van der Waals surface area (Å²) in [4.78, 5) is 7.94. The molecule has 0 heterocycles. The summed E-state index contributed by atoms with van der Waals surface area (Å²) in [6, 6.07) is 0. The summed E-state index contributed by atoms with van der Waals surface area (Å²) >= 11 is 0. The SMILES string of the molecule is C=N/C(=C\C=NCNC)C(C)C. The molecule has 0 bridgehead atoms. The van der Waals surface area contributed by atoms with Crippen molar-refractivity contribution in [3.05, 3.63) is 11.8 Å². The van der Waals surface area contributed by atoms with Gasteiger partial charge in [0.2, 0.25) is 0 Å². The Morgan fingerprint density at radius 1 is 1.58 bits per heavy atom. The van der Waals surface area contributed by atoms with Gasteiger partial charge in [0.15, 0.2) is 0 Å². The molecule has 3 heteroatoms. The molecule has 0 saturated carbocycles. The van der Waals surface area contributed by atoms with Crippen molar-refractivity contribution in [2.24, 2.45) is 15.9 Å². The molecule has 0 spiro atoms. The van der Waals surface area contributed by atoms with Crippen LogP contribution in [0.3, 0.4) is 0 Å². The second-order valence-electron chi connectivity index (χ2n) is 2.75. The highest BCUT2D eigenvalue weighted by molar-refractivity contribution is 5.72. The molecule has 0 fully saturated rings. The van der Waals surface area contributed by atoms with E-state index in [4.69, 9.17) is 0 Å². The minimum absolute atomic E-state index is 0.406. The predicted octanol–water partition coefficient (Wildman–Crippen LogP) is 1.47. The molecule has 0 aromatic rings. The van der Waals surface area contributed by atoms with Crippen LogP contribution in [0, 0.1) is 5.92 Å². The van der Waals surface area contributed by atoms with E-state index in [0.29, 0.717) is 12.6 Å². The summed E-state index contributed by atoms with van der Waals surface area (Å²) in [5, 5.41) is 2.92. The Balaban J connectivity index is 4.02. The van der Waals surface area contributed by atoms with Crippen LogP contribution in [0.2, 0.25) is 0 Å². The highest BCUT2D eigenvalue weighted by atomic mass is 15.0. The van der Waals surface area contributed by atoms with Crippen molar-refractivity contribution in [1.29, 1.82) is 0 Å². The smallest absolute Gasteiger partial charge is 0.0881 e. The maximum Gasteiger partial charge on any atom is 0.0881 e.